The van der Waals surface area contributed by atoms with Crippen molar-refractivity contribution in [1.82, 2.24) is 5.32 Å². The van der Waals surface area contributed by atoms with Crippen molar-refractivity contribution in [1.29, 1.82) is 0 Å². The second-order valence-electron chi connectivity index (χ2n) is 5.87. The number of hydrogen-bond acceptors (Lipinski definition) is 1. The Hall–Kier alpha value is -0.0400. The zero-order chi connectivity index (χ0) is 10.6. The molecule has 88 valence electrons. The summed E-state index contributed by atoms with van der Waals surface area (Å²) in [6.45, 7) is 4.89. The zero-order valence-corrected chi connectivity index (χ0v) is 10.4. The summed E-state index contributed by atoms with van der Waals surface area (Å²) in [7, 11) is 0. The van der Waals surface area contributed by atoms with E-state index >= 15 is 0 Å². The first-order chi connectivity index (χ1) is 7.35. The first-order valence-corrected chi connectivity index (χ1v) is 7.05. The summed E-state index contributed by atoms with van der Waals surface area (Å²) in [5, 5.41) is 3.60. The minimum atomic E-state index is 0.723. The van der Waals surface area contributed by atoms with Crippen molar-refractivity contribution >= 4 is 0 Å². The van der Waals surface area contributed by atoms with Gasteiger partial charge in [-0.2, -0.15) is 0 Å². The van der Waals surface area contributed by atoms with E-state index in [2.05, 4.69) is 12.2 Å². The maximum atomic E-state index is 3.60. The molecule has 0 radical (unpaired) electrons. The van der Waals surface area contributed by atoms with E-state index in [1.165, 1.54) is 70.9 Å². The molecule has 0 aromatic heterocycles. The Morgan fingerprint density at radius 3 is 2.60 bits per heavy atom. The van der Waals surface area contributed by atoms with Gasteiger partial charge < -0.3 is 5.32 Å². The third-order valence-electron chi connectivity index (χ3n) is 4.69. The van der Waals surface area contributed by atoms with Crippen molar-refractivity contribution in [3.63, 3.8) is 0 Å². The minimum absolute atomic E-state index is 0.723. The summed E-state index contributed by atoms with van der Waals surface area (Å²) < 4.78 is 0. The molecule has 2 fully saturated rings. The van der Waals surface area contributed by atoms with Crippen LogP contribution in [0.1, 0.15) is 64.7 Å². The molecule has 1 aliphatic heterocycles. The van der Waals surface area contributed by atoms with Crippen LogP contribution in [0.4, 0.5) is 0 Å². The lowest BCUT2D eigenvalue weighted by atomic mass is 9.66. The molecule has 0 atom stereocenters. The van der Waals surface area contributed by atoms with Crippen molar-refractivity contribution in [2.45, 2.75) is 64.7 Å². The normalized spacial score (nSPS) is 37.0. The lowest BCUT2D eigenvalue weighted by Gasteiger charge is -2.43. The summed E-state index contributed by atoms with van der Waals surface area (Å²) in [6, 6.07) is 0. The van der Waals surface area contributed by atoms with Gasteiger partial charge in [-0.05, 0) is 56.4 Å². The SMILES string of the molecule is CCCCC1CCC2(CCCNC2)CC1. The second-order valence-corrected chi connectivity index (χ2v) is 5.87. The standard InChI is InChI=1S/C14H27N/c1-2-3-5-13-6-9-14(10-7-13)8-4-11-15-12-14/h13,15H,2-12H2,1H3. The predicted octanol–water partition coefficient (Wildman–Crippen LogP) is 3.74. The highest BCUT2D eigenvalue weighted by molar-refractivity contribution is 4.89. The molecular weight excluding hydrogens is 182 g/mol. The van der Waals surface area contributed by atoms with Crippen LogP contribution in [0.15, 0.2) is 0 Å². The Morgan fingerprint density at radius 2 is 2.00 bits per heavy atom. The van der Waals surface area contributed by atoms with Gasteiger partial charge in [0, 0.05) is 6.54 Å². The highest BCUT2D eigenvalue weighted by Gasteiger charge is 2.35. The molecule has 1 saturated carbocycles. The van der Waals surface area contributed by atoms with Crippen molar-refractivity contribution in [3.8, 4) is 0 Å². The van der Waals surface area contributed by atoms with Crippen LogP contribution < -0.4 is 5.32 Å². The quantitative estimate of drug-likeness (QED) is 0.746. The average molecular weight is 209 g/mol. The van der Waals surface area contributed by atoms with Gasteiger partial charge in [-0.3, -0.25) is 0 Å². The number of rotatable bonds is 3. The van der Waals surface area contributed by atoms with Crippen molar-refractivity contribution in [3.05, 3.63) is 0 Å². The van der Waals surface area contributed by atoms with Crippen LogP contribution in [-0.4, -0.2) is 13.1 Å². The molecule has 2 aliphatic rings. The molecule has 1 heteroatoms. The lowest BCUT2D eigenvalue weighted by Crippen LogP contribution is -2.42. The lowest BCUT2D eigenvalue weighted by molar-refractivity contribution is 0.108. The summed E-state index contributed by atoms with van der Waals surface area (Å²) in [4.78, 5) is 0. The van der Waals surface area contributed by atoms with Gasteiger partial charge in [0.2, 0.25) is 0 Å². The molecule has 1 heterocycles. The van der Waals surface area contributed by atoms with Gasteiger partial charge in [-0.25, -0.2) is 0 Å². The highest BCUT2D eigenvalue weighted by Crippen LogP contribution is 2.44. The Morgan fingerprint density at radius 1 is 1.20 bits per heavy atom. The van der Waals surface area contributed by atoms with Crippen LogP contribution in [-0.2, 0) is 0 Å². The van der Waals surface area contributed by atoms with Crippen LogP contribution in [0.3, 0.4) is 0 Å². The van der Waals surface area contributed by atoms with Gasteiger partial charge in [0.1, 0.15) is 0 Å². The fraction of sp³-hybridized carbons (Fsp3) is 1.00. The van der Waals surface area contributed by atoms with Crippen LogP contribution in [0.2, 0.25) is 0 Å². The molecule has 15 heavy (non-hydrogen) atoms. The van der Waals surface area contributed by atoms with E-state index in [0.29, 0.717) is 0 Å². The summed E-state index contributed by atoms with van der Waals surface area (Å²) in [5.41, 5.74) is 0.723. The first kappa shape index (κ1) is 11.4. The molecule has 2 rings (SSSR count). The van der Waals surface area contributed by atoms with E-state index in [1.54, 1.807) is 0 Å². The third kappa shape index (κ3) is 2.96. The van der Waals surface area contributed by atoms with Crippen LogP contribution in [0, 0.1) is 11.3 Å². The smallest absolute Gasteiger partial charge is 0.000782 e. The van der Waals surface area contributed by atoms with E-state index in [-0.39, 0.29) is 0 Å². The van der Waals surface area contributed by atoms with Crippen LogP contribution in [0.5, 0.6) is 0 Å². The van der Waals surface area contributed by atoms with Gasteiger partial charge in [-0.1, -0.05) is 26.2 Å². The van der Waals surface area contributed by atoms with Crippen molar-refractivity contribution in [2.75, 3.05) is 13.1 Å². The van der Waals surface area contributed by atoms with E-state index in [1.807, 2.05) is 0 Å². The molecule has 1 N–H and O–H groups in total. The number of hydrogen-bond donors (Lipinski definition) is 1. The van der Waals surface area contributed by atoms with E-state index < -0.39 is 0 Å². The molecule has 0 unspecified atom stereocenters. The van der Waals surface area contributed by atoms with E-state index in [0.717, 1.165) is 11.3 Å². The Balaban J connectivity index is 1.75. The van der Waals surface area contributed by atoms with E-state index in [4.69, 9.17) is 0 Å². The maximum absolute atomic E-state index is 3.60. The monoisotopic (exact) mass is 209 g/mol. The molecule has 1 saturated heterocycles. The Bertz CT molecular complexity index is 172. The van der Waals surface area contributed by atoms with Gasteiger partial charge in [0.25, 0.3) is 0 Å². The minimum Gasteiger partial charge on any atom is -0.316 e. The molecule has 0 aromatic rings. The van der Waals surface area contributed by atoms with Crippen molar-refractivity contribution < 1.29 is 0 Å². The van der Waals surface area contributed by atoms with Crippen LogP contribution >= 0.6 is 0 Å². The van der Waals surface area contributed by atoms with E-state index in [9.17, 15) is 0 Å². The fourth-order valence-electron chi connectivity index (χ4n) is 3.53. The Labute approximate surface area is 95.0 Å². The molecule has 0 bridgehead atoms. The molecule has 1 aliphatic carbocycles. The highest BCUT2D eigenvalue weighted by atomic mass is 14.9. The summed E-state index contributed by atoms with van der Waals surface area (Å²) >= 11 is 0. The Kier molecular flexibility index (Phi) is 4.07. The summed E-state index contributed by atoms with van der Waals surface area (Å²) in [5.74, 6) is 1.07. The number of nitrogens with one attached hydrogen (secondary N) is 1. The largest absolute Gasteiger partial charge is 0.316 e. The van der Waals surface area contributed by atoms with Crippen molar-refractivity contribution in [2.24, 2.45) is 11.3 Å². The van der Waals surface area contributed by atoms with Gasteiger partial charge in [-0.15, -0.1) is 0 Å². The fourth-order valence-corrected chi connectivity index (χ4v) is 3.53. The molecular formula is C14H27N. The maximum Gasteiger partial charge on any atom is 0.000782 e. The van der Waals surface area contributed by atoms with Gasteiger partial charge >= 0.3 is 0 Å². The number of unbranched alkanes of at least 4 members (excludes halogenated alkanes) is 1. The average Bonchev–Trinajstić information content (AvgIpc) is 2.30. The molecule has 0 aromatic carbocycles. The van der Waals surface area contributed by atoms with Gasteiger partial charge in [0.05, 0.1) is 0 Å². The third-order valence-corrected chi connectivity index (χ3v) is 4.69. The summed E-state index contributed by atoms with van der Waals surface area (Å²) in [6.07, 6.45) is 13.3. The molecule has 1 nitrogen and oxygen atoms in total. The predicted molar refractivity (Wildman–Crippen MR) is 66.0 cm³/mol. The second kappa shape index (κ2) is 5.34. The molecule has 0 amide bonds. The molecule has 1 spiro atoms. The topological polar surface area (TPSA) is 12.0 Å². The van der Waals surface area contributed by atoms with Gasteiger partial charge in [0.15, 0.2) is 0 Å². The van der Waals surface area contributed by atoms with Crippen LogP contribution in [0.25, 0.3) is 0 Å². The number of piperidine rings is 1. The first-order valence-electron chi connectivity index (χ1n) is 7.05. The zero-order valence-electron chi connectivity index (χ0n) is 10.4.